The van der Waals surface area contributed by atoms with Crippen molar-refractivity contribution in [3.05, 3.63) is 39.9 Å². The Balaban J connectivity index is 2.44. The molecule has 1 aliphatic heterocycles. The lowest BCUT2D eigenvalue weighted by Crippen LogP contribution is -2.49. The lowest BCUT2D eigenvalue weighted by molar-refractivity contribution is -0.385. The van der Waals surface area contributed by atoms with E-state index in [1.807, 2.05) is 6.07 Å². The fourth-order valence-electron chi connectivity index (χ4n) is 3.19. The summed E-state index contributed by atoms with van der Waals surface area (Å²) >= 11 is 0. The molecule has 2 unspecified atom stereocenters. The zero-order valence-electron chi connectivity index (χ0n) is 13.1. The molecule has 1 saturated heterocycles. The minimum Gasteiger partial charge on any atom is -0.326 e. The molecule has 5 nitrogen and oxygen atoms in total. The van der Waals surface area contributed by atoms with Crippen LogP contribution in [0.4, 0.5) is 5.69 Å². The number of hydrogen-bond donors (Lipinski definition) is 1. The number of hydrogen-bond acceptors (Lipinski definition) is 4. The van der Waals surface area contributed by atoms with Crippen LogP contribution in [0.2, 0.25) is 0 Å². The second-order valence-electron chi connectivity index (χ2n) is 6.82. The number of nitro benzene ring substituents is 1. The van der Waals surface area contributed by atoms with Crippen LogP contribution in [0.25, 0.3) is 0 Å². The van der Waals surface area contributed by atoms with E-state index < -0.39 is 0 Å². The standard InChI is InChI=1S/C16H25N3O2/c1-16(2,3)18-10-5-4-9-14(17)15(18)12-7-6-8-13(11-12)19(20)21/h6-8,11,14-15H,4-5,9-10,17H2,1-3H3. The lowest BCUT2D eigenvalue weighted by atomic mass is 9.92. The molecule has 2 atom stereocenters. The van der Waals surface area contributed by atoms with Crippen LogP contribution in [-0.2, 0) is 0 Å². The van der Waals surface area contributed by atoms with Crippen molar-refractivity contribution >= 4 is 5.69 Å². The summed E-state index contributed by atoms with van der Waals surface area (Å²) in [6.07, 6.45) is 3.19. The molecule has 1 aromatic carbocycles. The zero-order chi connectivity index (χ0) is 15.6. The average molecular weight is 291 g/mol. The first kappa shape index (κ1) is 15.9. The number of nitro groups is 1. The van der Waals surface area contributed by atoms with Crippen LogP contribution in [0.1, 0.15) is 51.6 Å². The molecule has 0 saturated carbocycles. The minimum atomic E-state index is -0.340. The van der Waals surface area contributed by atoms with Gasteiger partial charge in [0.15, 0.2) is 0 Å². The number of non-ortho nitro benzene ring substituents is 1. The molecule has 5 heteroatoms. The summed E-state index contributed by atoms with van der Waals surface area (Å²) in [5.74, 6) is 0. The van der Waals surface area contributed by atoms with E-state index in [9.17, 15) is 10.1 Å². The fourth-order valence-corrected chi connectivity index (χ4v) is 3.19. The molecule has 0 amide bonds. The quantitative estimate of drug-likeness (QED) is 0.670. The van der Waals surface area contributed by atoms with Crippen LogP contribution in [0, 0.1) is 10.1 Å². The Morgan fingerprint density at radius 2 is 2.05 bits per heavy atom. The molecule has 0 aliphatic carbocycles. The van der Waals surface area contributed by atoms with E-state index >= 15 is 0 Å². The van der Waals surface area contributed by atoms with Crippen molar-refractivity contribution in [2.75, 3.05) is 6.54 Å². The monoisotopic (exact) mass is 291 g/mol. The number of nitrogens with zero attached hydrogens (tertiary/aromatic N) is 2. The lowest BCUT2D eigenvalue weighted by Gasteiger charge is -2.43. The molecular weight excluding hydrogens is 266 g/mol. The minimum absolute atomic E-state index is 0.00808. The predicted molar refractivity (Wildman–Crippen MR) is 84.1 cm³/mol. The van der Waals surface area contributed by atoms with Gasteiger partial charge in [0.2, 0.25) is 0 Å². The summed E-state index contributed by atoms with van der Waals surface area (Å²) in [4.78, 5) is 13.1. The second-order valence-corrected chi connectivity index (χ2v) is 6.82. The molecule has 0 radical (unpaired) electrons. The van der Waals surface area contributed by atoms with E-state index in [0.717, 1.165) is 31.4 Å². The van der Waals surface area contributed by atoms with E-state index in [-0.39, 0.29) is 28.2 Å². The smallest absolute Gasteiger partial charge is 0.269 e. The molecular formula is C16H25N3O2. The van der Waals surface area contributed by atoms with Crippen molar-refractivity contribution in [3.8, 4) is 0 Å². The van der Waals surface area contributed by atoms with Gasteiger partial charge in [-0.3, -0.25) is 15.0 Å². The van der Waals surface area contributed by atoms with E-state index in [2.05, 4.69) is 25.7 Å². The highest BCUT2D eigenvalue weighted by atomic mass is 16.6. The summed E-state index contributed by atoms with van der Waals surface area (Å²) in [5.41, 5.74) is 7.49. The van der Waals surface area contributed by atoms with Crippen molar-refractivity contribution in [2.24, 2.45) is 5.73 Å². The third-order valence-electron chi connectivity index (χ3n) is 4.21. The fraction of sp³-hybridized carbons (Fsp3) is 0.625. The molecule has 1 aromatic rings. The molecule has 1 aliphatic rings. The van der Waals surface area contributed by atoms with Crippen LogP contribution in [0.5, 0.6) is 0 Å². The Labute approximate surface area is 126 Å². The number of nitrogens with two attached hydrogens (primary N) is 1. The summed E-state index contributed by atoms with van der Waals surface area (Å²) in [6.45, 7) is 7.50. The molecule has 21 heavy (non-hydrogen) atoms. The van der Waals surface area contributed by atoms with Gasteiger partial charge in [-0.25, -0.2) is 0 Å². The van der Waals surface area contributed by atoms with Gasteiger partial charge < -0.3 is 5.73 Å². The van der Waals surface area contributed by atoms with Gasteiger partial charge in [0.25, 0.3) is 5.69 Å². The van der Waals surface area contributed by atoms with Gasteiger partial charge in [0.05, 0.1) is 11.0 Å². The average Bonchev–Trinajstić information content (AvgIpc) is 2.60. The summed E-state index contributed by atoms with van der Waals surface area (Å²) in [5, 5.41) is 11.0. The molecule has 0 bridgehead atoms. The van der Waals surface area contributed by atoms with E-state index in [1.165, 1.54) is 6.07 Å². The Morgan fingerprint density at radius 1 is 1.33 bits per heavy atom. The molecule has 2 N–H and O–H groups in total. The van der Waals surface area contributed by atoms with Gasteiger partial charge in [-0.05, 0) is 45.7 Å². The molecule has 1 fully saturated rings. The van der Waals surface area contributed by atoms with E-state index in [0.29, 0.717) is 0 Å². The Kier molecular flexibility index (Phi) is 4.64. The van der Waals surface area contributed by atoms with Crippen LogP contribution >= 0.6 is 0 Å². The zero-order valence-corrected chi connectivity index (χ0v) is 13.1. The number of rotatable bonds is 2. The third-order valence-corrected chi connectivity index (χ3v) is 4.21. The topological polar surface area (TPSA) is 72.4 Å². The Hall–Kier alpha value is -1.46. The maximum atomic E-state index is 11.0. The number of benzene rings is 1. The highest BCUT2D eigenvalue weighted by Gasteiger charge is 2.35. The van der Waals surface area contributed by atoms with Crippen molar-refractivity contribution < 1.29 is 4.92 Å². The maximum absolute atomic E-state index is 11.0. The van der Waals surface area contributed by atoms with Crippen LogP contribution in [-0.4, -0.2) is 27.9 Å². The predicted octanol–water partition coefficient (Wildman–Crippen LogP) is 3.25. The first-order valence-corrected chi connectivity index (χ1v) is 7.57. The Bertz CT molecular complexity index is 510. The van der Waals surface area contributed by atoms with Gasteiger partial charge in [-0.15, -0.1) is 0 Å². The summed E-state index contributed by atoms with van der Waals surface area (Å²) < 4.78 is 0. The SMILES string of the molecule is CC(C)(C)N1CCCCC(N)C1c1cccc([N+](=O)[O-])c1. The van der Waals surface area contributed by atoms with E-state index in [4.69, 9.17) is 5.73 Å². The van der Waals surface area contributed by atoms with Gasteiger partial charge >= 0.3 is 0 Å². The van der Waals surface area contributed by atoms with Gasteiger partial charge in [-0.1, -0.05) is 18.6 Å². The van der Waals surface area contributed by atoms with Gasteiger partial charge in [-0.2, -0.15) is 0 Å². The van der Waals surface area contributed by atoms with Crippen molar-refractivity contribution in [1.82, 2.24) is 4.90 Å². The Morgan fingerprint density at radius 3 is 2.67 bits per heavy atom. The molecule has 116 valence electrons. The first-order valence-electron chi connectivity index (χ1n) is 7.57. The van der Waals surface area contributed by atoms with Crippen LogP contribution < -0.4 is 5.73 Å². The van der Waals surface area contributed by atoms with Crippen molar-refractivity contribution in [2.45, 2.75) is 57.7 Å². The van der Waals surface area contributed by atoms with Gasteiger partial charge in [0, 0.05) is 23.7 Å². The van der Waals surface area contributed by atoms with Crippen LogP contribution in [0.3, 0.4) is 0 Å². The van der Waals surface area contributed by atoms with Crippen molar-refractivity contribution in [3.63, 3.8) is 0 Å². The van der Waals surface area contributed by atoms with Crippen molar-refractivity contribution in [1.29, 1.82) is 0 Å². The maximum Gasteiger partial charge on any atom is 0.269 e. The highest BCUT2D eigenvalue weighted by Crippen LogP contribution is 2.35. The highest BCUT2D eigenvalue weighted by molar-refractivity contribution is 5.36. The molecule has 0 spiro atoms. The molecule has 0 aromatic heterocycles. The summed E-state index contributed by atoms with van der Waals surface area (Å²) in [6, 6.07) is 6.97. The number of likely N-dealkylation sites (tertiary alicyclic amines) is 1. The second kappa shape index (κ2) is 6.12. The van der Waals surface area contributed by atoms with E-state index in [1.54, 1.807) is 12.1 Å². The van der Waals surface area contributed by atoms with Crippen LogP contribution in [0.15, 0.2) is 24.3 Å². The molecule has 1 heterocycles. The normalized spacial score (nSPS) is 24.6. The summed E-state index contributed by atoms with van der Waals surface area (Å²) in [7, 11) is 0. The van der Waals surface area contributed by atoms with Gasteiger partial charge in [0.1, 0.15) is 0 Å². The molecule has 2 rings (SSSR count). The largest absolute Gasteiger partial charge is 0.326 e. The third kappa shape index (κ3) is 3.60. The first-order chi connectivity index (χ1) is 9.80.